The molecule has 1 aliphatic heterocycles. The van der Waals surface area contributed by atoms with Crippen molar-refractivity contribution in [3.63, 3.8) is 0 Å². The second kappa shape index (κ2) is 8.45. The Morgan fingerprint density at radius 3 is 2.64 bits per heavy atom. The van der Waals surface area contributed by atoms with Crippen molar-refractivity contribution < 1.29 is 9.59 Å². The van der Waals surface area contributed by atoms with Crippen LogP contribution in [0.1, 0.15) is 29.4 Å². The molecule has 0 unspecified atom stereocenters. The molecule has 2 heterocycles. The third-order valence-electron chi connectivity index (χ3n) is 4.52. The standard InChI is InChI=1S/C19H25N3O2S/c1-2-3-8-20-18(23)14-21-9-11-22(12-10-21)19(24)17-13-15-6-4-5-7-16(15)25-17/h4-7,13H,2-3,8-12,14H2,1H3,(H,20,23). The Balaban J connectivity index is 1.50. The summed E-state index contributed by atoms with van der Waals surface area (Å²) in [5.74, 6) is 0.186. The summed E-state index contributed by atoms with van der Waals surface area (Å²) in [5.41, 5.74) is 0. The van der Waals surface area contributed by atoms with Crippen molar-refractivity contribution in [2.45, 2.75) is 19.8 Å². The number of carbonyl (C=O) groups is 2. The predicted octanol–water partition coefficient (Wildman–Crippen LogP) is 2.58. The lowest BCUT2D eigenvalue weighted by Crippen LogP contribution is -2.51. The van der Waals surface area contributed by atoms with Crippen LogP contribution in [0.5, 0.6) is 0 Å². The summed E-state index contributed by atoms with van der Waals surface area (Å²) in [4.78, 5) is 29.4. The Labute approximate surface area is 152 Å². The fourth-order valence-electron chi connectivity index (χ4n) is 3.02. The lowest BCUT2D eigenvalue weighted by molar-refractivity contribution is -0.122. The number of unbranched alkanes of at least 4 members (excludes halogenated alkanes) is 1. The largest absolute Gasteiger partial charge is 0.355 e. The van der Waals surface area contributed by atoms with E-state index in [1.807, 2.05) is 35.2 Å². The van der Waals surface area contributed by atoms with Gasteiger partial charge in [0.05, 0.1) is 11.4 Å². The van der Waals surface area contributed by atoms with Gasteiger partial charge in [0.25, 0.3) is 5.91 Å². The Morgan fingerprint density at radius 1 is 1.16 bits per heavy atom. The molecule has 0 atom stereocenters. The number of nitrogens with zero attached hydrogens (tertiary/aromatic N) is 2. The highest BCUT2D eigenvalue weighted by atomic mass is 32.1. The molecule has 2 amide bonds. The monoisotopic (exact) mass is 359 g/mol. The second-order valence-corrected chi connectivity index (χ2v) is 7.50. The third-order valence-corrected chi connectivity index (χ3v) is 5.62. The van der Waals surface area contributed by atoms with Crippen LogP contribution in [0.15, 0.2) is 30.3 Å². The average Bonchev–Trinajstić information content (AvgIpc) is 3.06. The van der Waals surface area contributed by atoms with Crippen molar-refractivity contribution in [2.24, 2.45) is 0 Å². The van der Waals surface area contributed by atoms with Crippen molar-refractivity contribution in [1.82, 2.24) is 15.1 Å². The van der Waals surface area contributed by atoms with Gasteiger partial charge in [0.2, 0.25) is 5.91 Å². The van der Waals surface area contributed by atoms with Crippen LogP contribution < -0.4 is 5.32 Å². The van der Waals surface area contributed by atoms with Crippen LogP contribution in [0.4, 0.5) is 0 Å². The van der Waals surface area contributed by atoms with Crippen LogP contribution in [0, 0.1) is 0 Å². The number of benzene rings is 1. The maximum Gasteiger partial charge on any atom is 0.264 e. The Hall–Kier alpha value is -1.92. The van der Waals surface area contributed by atoms with Gasteiger partial charge < -0.3 is 10.2 Å². The van der Waals surface area contributed by atoms with Crippen LogP contribution >= 0.6 is 11.3 Å². The fraction of sp³-hybridized carbons (Fsp3) is 0.474. The molecule has 25 heavy (non-hydrogen) atoms. The Morgan fingerprint density at radius 2 is 1.92 bits per heavy atom. The molecule has 0 bridgehead atoms. The Kier molecular flexibility index (Phi) is 6.04. The molecule has 0 saturated carbocycles. The van der Waals surface area contributed by atoms with Crippen molar-refractivity contribution >= 4 is 33.2 Å². The van der Waals surface area contributed by atoms with Gasteiger partial charge in [-0.25, -0.2) is 0 Å². The van der Waals surface area contributed by atoms with Crippen LogP contribution in [0.25, 0.3) is 10.1 Å². The summed E-state index contributed by atoms with van der Waals surface area (Å²) < 4.78 is 1.15. The minimum Gasteiger partial charge on any atom is -0.355 e. The molecule has 2 aromatic rings. The van der Waals surface area contributed by atoms with Gasteiger partial charge in [-0.3, -0.25) is 14.5 Å². The first-order valence-corrected chi connectivity index (χ1v) is 9.76. The first-order valence-electron chi connectivity index (χ1n) is 8.94. The first-order chi connectivity index (χ1) is 12.2. The molecule has 0 radical (unpaired) electrons. The summed E-state index contributed by atoms with van der Waals surface area (Å²) in [5, 5.41) is 4.07. The lowest BCUT2D eigenvalue weighted by Gasteiger charge is -2.34. The summed E-state index contributed by atoms with van der Waals surface area (Å²) in [6.07, 6.45) is 2.10. The topological polar surface area (TPSA) is 52.7 Å². The van der Waals surface area contributed by atoms with Gasteiger partial charge in [0, 0.05) is 37.4 Å². The number of thiophene rings is 1. The van der Waals surface area contributed by atoms with Crippen molar-refractivity contribution in [3.05, 3.63) is 35.2 Å². The van der Waals surface area contributed by atoms with Gasteiger partial charge >= 0.3 is 0 Å². The van der Waals surface area contributed by atoms with E-state index in [1.54, 1.807) is 11.3 Å². The highest BCUT2D eigenvalue weighted by Crippen LogP contribution is 2.26. The summed E-state index contributed by atoms with van der Waals surface area (Å²) >= 11 is 1.55. The second-order valence-electron chi connectivity index (χ2n) is 6.42. The average molecular weight is 359 g/mol. The van der Waals surface area contributed by atoms with E-state index in [0.717, 1.165) is 47.4 Å². The molecule has 134 valence electrons. The molecule has 1 fully saturated rings. The minimum absolute atomic E-state index is 0.0812. The smallest absolute Gasteiger partial charge is 0.264 e. The third kappa shape index (κ3) is 4.58. The van der Waals surface area contributed by atoms with Gasteiger partial charge in [-0.2, -0.15) is 0 Å². The molecule has 1 aromatic carbocycles. The predicted molar refractivity (Wildman–Crippen MR) is 102 cm³/mol. The molecular formula is C19H25N3O2S. The number of fused-ring (bicyclic) bond motifs is 1. The van der Waals surface area contributed by atoms with Crippen molar-refractivity contribution in [2.75, 3.05) is 39.3 Å². The zero-order valence-electron chi connectivity index (χ0n) is 14.7. The van der Waals surface area contributed by atoms with Gasteiger partial charge in [0.1, 0.15) is 0 Å². The Bertz CT molecular complexity index is 702. The highest BCUT2D eigenvalue weighted by molar-refractivity contribution is 7.20. The highest BCUT2D eigenvalue weighted by Gasteiger charge is 2.24. The normalized spacial score (nSPS) is 15.5. The van der Waals surface area contributed by atoms with Gasteiger partial charge in [0.15, 0.2) is 0 Å². The van der Waals surface area contributed by atoms with E-state index in [4.69, 9.17) is 0 Å². The summed E-state index contributed by atoms with van der Waals surface area (Å²) in [6, 6.07) is 10.1. The maximum absolute atomic E-state index is 12.7. The van der Waals surface area contributed by atoms with E-state index in [2.05, 4.69) is 17.1 Å². The number of carbonyl (C=O) groups excluding carboxylic acids is 2. The zero-order valence-corrected chi connectivity index (χ0v) is 15.5. The number of amides is 2. The van der Waals surface area contributed by atoms with Crippen LogP contribution in [-0.2, 0) is 4.79 Å². The number of piperazine rings is 1. The van der Waals surface area contributed by atoms with E-state index in [-0.39, 0.29) is 11.8 Å². The van der Waals surface area contributed by atoms with Gasteiger partial charge in [-0.1, -0.05) is 31.5 Å². The number of hydrogen-bond acceptors (Lipinski definition) is 4. The van der Waals surface area contributed by atoms with Gasteiger partial charge in [-0.05, 0) is 23.9 Å². The quantitative estimate of drug-likeness (QED) is 0.807. The molecule has 0 spiro atoms. The zero-order chi connectivity index (χ0) is 17.6. The van der Waals surface area contributed by atoms with Crippen molar-refractivity contribution in [3.8, 4) is 0 Å². The molecule has 1 saturated heterocycles. The summed E-state index contributed by atoms with van der Waals surface area (Å²) in [6.45, 7) is 6.13. The number of nitrogens with one attached hydrogen (secondary N) is 1. The number of hydrogen-bond donors (Lipinski definition) is 1. The lowest BCUT2D eigenvalue weighted by atomic mass is 10.2. The van der Waals surface area contributed by atoms with Crippen LogP contribution in [0.3, 0.4) is 0 Å². The molecule has 0 aliphatic carbocycles. The van der Waals surface area contributed by atoms with Crippen LogP contribution in [0.2, 0.25) is 0 Å². The van der Waals surface area contributed by atoms with E-state index in [1.165, 1.54) is 0 Å². The van der Waals surface area contributed by atoms with E-state index in [9.17, 15) is 9.59 Å². The maximum atomic E-state index is 12.7. The molecule has 6 heteroatoms. The first kappa shape index (κ1) is 17.9. The molecular weight excluding hydrogens is 334 g/mol. The molecule has 5 nitrogen and oxygen atoms in total. The SMILES string of the molecule is CCCCNC(=O)CN1CCN(C(=O)c2cc3ccccc3s2)CC1. The van der Waals surface area contributed by atoms with Gasteiger partial charge in [-0.15, -0.1) is 11.3 Å². The molecule has 3 rings (SSSR count). The molecule has 1 aromatic heterocycles. The van der Waals surface area contributed by atoms with E-state index in [0.29, 0.717) is 19.6 Å². The van der Waals surface area contributed by atoms with Crippen molar-refractivity contribution in [1.29, 1.82) is 0 Å². The summed E-state index contributed by atoms with van der Waals surface area (Å²) in [7, 11) is 0. The van der Waals surface area contributed by atoms with E-state index < -0.39 is 0 Å². The van der Waals surface area contributed by atoms with E-state index >= 15 is 0 Å². The molecule has 1 N–H and O–H groups in total. The van der Waals surface area contributed by atoms with Crippen LogP contribution in [-0.4, -0.2) is 60.9 Å². The fourth-order valence-corrected chi connectivity index (χ4v) is 4.05. The number of rotatable bonds is 6. The molecule has 1 aliphatic rings. The minimum atomic E-state index is 0.0812.